The number of hydrogen-bond donors (Lipinski definition) is 1. The maximum absolute atomic E-state index is 12.8. The van der Waals surface area contributed by atoms with Crippen molar-refractivity contribution in [2.45, 2.75) is 32.7 Å². The van der Waals surface area contributed by atoms with E-state index in [1.807, 2.05) is 74.5 Å². The molecule has 1 aliphatic rings. The number of hydrogen-bond acceptors (Lipinski definition) is 3. The van der Waals surface area contributed by atoms with Crippen LogP contribution in [0.15, 0.2) is 60.7 Å². The zero-order valence-electron chi connectivity index (χ0n) is 17.4. The van der Waals surface area contributed by atoms with Gasteiger partial charge in [-0.2, -0.15) is 0 Å². The molecule has 4 rings (SSSR count). The number of amides is 2. The summed E-state index contributed by atoms with van der Waals surface area (Å²) in [5.41, 5.74) is 2.75. The fourth-order valence-corrected chi connectivity index (χ4v) is 3.92. The first-order valence-corrected chi connectivity index (χ1v) is 10.4. The second-order valence-electron chi connectivity index (χ2n) is 7.79. The van der Waals surface area contributed by atoms with Crippen LogP contribution >= 0.6 is 0 Å². The van der Waals surface area contributed by atoms with E-state index in [1.54, 1.807) is 4.90 Å². The average Bonchev–Trinajstić information content (AvgIpc) is 3.01. The molecule has 0 radical (unpaired) electrons. The van der Waals surface area contributed by atoms with Crippen molar-refractivity contribution in [2.75, 3.05) is 18.1 Å². The van der Waals surface area contributed by atoms with Gasteiger partial charge in [-0.3, -0.25) is 9.59 Å². The molecule has 2 amide bonds. The molecule has 154 valence electrons. The van der Waals surface area contributed by atoms with E-state index in [1.165, 1.54) is 0 Å². The first-order chi connectivity index (χ1) is 14.5. The lowest BCUT2D eigenvalue weighted by Crippen LogP contribution is -2.37. The highest BCUT2D eigenvalue weighted by Gasteiger charge is 2.29. The maximum Gasteiger partial charge on any atom is 0.258 e. The summed E-state index contributed by atoms with van der Waals surface area (Å²) in [5.74, 6) is 0.820. The minimum absolute atomic E-state index is 0.0159. The van der Waals surface area contributed by atoms with Gasteiger partial charge >= 0.3 is 0 Å². The highest BCUT2D eigenvalue weighted by molar-refractivity contribution is 6.25. The summed E-state index contributed by atoms with van der Waals surface area (Å²) in [6.07, 6.45) is 0.970. The molecule has 3 aromatic rings. The van der Waals surface area contributed by atoms with Gasteiger partial charge in [-0.05, 0) is 49.4 Å². The van der Waals surface area contributed by atoms with E-state index in [-0.39, 0.29) is 17.9 Å². The van der Waals surface area contributed by atoms with Gasteiger partial charge in [0, 0.05) is 23.9 Å². The molecule has 0 aliphatic carbocycles. The van der Waals surface area contributed by atoms with Crippen molar-refractivity contribution in [1.29, 1.82) is 0 Å². The Kier molecular flexibility index (Phi) is 5.70. The first-order valence-electron chi connectivity index (χ1n) is 10.4. The highest BCUT2D eigenvalue weighted by Crippen LogP contribution is 2.37. The van der Waals surface area contributed by atoms with Crippen LogP contribution in [-0.4, -0.2) is 31.0 Å². The summed E-state index contributed by atoms with van der Waals surface area (Å²) in [5, 5.41) is 5.06. The Hall–Kier alpha value is -3.34. The molecule has 5 nitrogen and oxygen atoms in total. The Labute approximate surface area is 176 Å². The SMILES string of the molecule is Cc1ccccc1OC[C@@H](C)NC(=O)CCCN1C(=O)c2cccc3cccc1c23. The lowest BCUT2D eigenvalue weighted by atomic mass is 10.1. The van der Waals surface area contributed by atoms with E-state index in [2.05, 4.69) is 5.32 Å². The van der Waals surface area contributed by atoms with Crippen LogP contribution in [-0.2, 0) is 4.79 Å². The zero-order chi connectivity index (χ0) is 21.1. The molecule has 0 spiro atoms. The van der Waals surface area contributed by atoms with Crippen LogP contribution in [0.5, 0.6) is 5.75 Å². The molecule has 0 saturated heterocycles. The molecule has 1 heterocycles. The average molecular weight is 402 g/mol. The highest BCUT2D eigenvalue weighted by atomic mass is 16.5. The number of nitrogens with zero attached hydrogens (tertiary/aromatic N) is 1. The lowest BCUT2D eigenvalue weighted by molar-refractivity contribution is -0.121. The van der Waals surface area contributed by atoms with Crippen LogP contribution in [0.1, 0.15) is 35.7 Å². The number of para-hydroxylation sites is 1. The second kappa shape index (κ2) is 8.57. The number of carbonyl (C=O) groups excluding carboxylic acids is 2. The molecule has 30 heavy (non-hydrogen) atoms. The fraction of sp³-hybridized carbons (Fsp3) is 0.280. The monoisotopic (exact) mass is 402 g/mol. The maximum atomic E-state index is 12.8. The Morgan fingerprint density at radius 3 is 2.63 bits per heavy atom. The Morgan fingerprint density at radius 1 is 1.07 bits per heavy atom. The molecule has 5 heteroatoms. The second-order valence-corrected chi connectivity index (χ2v) is 7.79. The third kappa shape index (κ3) is 4.01. The van der Waals surface area contributed by atoms with Crippen LogP contribution in [0.4, 0.5) is 5.69 Å². The molecule has 0 bridgehead atoms. The quantitative estimate of drug-likeness (QED) is 0.605. The molecule has 1 atom stereocenters. The third-order valence-electron chi connectivity index (χ3n) is 5.42. The van der Waals surface area contributed by atoms with E-state index in [0.717, 1.165) is 33.3 Å². The van der Waals surface area contributed by atoms with Crippen molar-refractivity contribution in [3.8, 4) is 5.75 Å². The Morgan fingerprint density at radius 2 is 1.83 bits per heavy atom. The van der Waals surface area contributed by atoms with E-state index in [9.17, 15) is 9.59 Å². The van der Waals surface area contributed by atoms with Gasteiger partial charge in [-0.1, -0.05) is 42.5 Å². The van der Waals surface area contributed by atoms with Crippen molar-refractivity contribution in [3.63, 3.8) is 0 Å². The van der Waals surface area contributed by atoms with E-state index < -0.39 is 0 Å². The minimum atomic E-state index is -0.0940. The van der Waals surface area contributed by atoms with Gasteiger partial charge in [0.2, 0.25) is 5.91 Å². The van der Waals surface area contributed by atoms with Crippen LogP contribution in [0.3, 0.4) is 0 Å². The normalized spacial score (nSPS) is 13.5. The Balaban J connectivity index is 1.27. The summed E-state index contributed by atoms with van der Waals surface area (Å²) in [4.78, 5) is 26.9. The summed E-state index contributed by atoms with van der Waals surface area (Å²) < 4.78 is 5.80. The van der Waals surface area contributed by atoms with Gasteiger partial charge in [0.05, 0.1) is 11.7 Å². The van der Waals surface area contributed by atoms with Gasteiger partial charge < -0.3 is 15.0 Å². The van der Waals surface area contributed by atoms with Gasteiger partial charge in [0.15, 0.2) is 0 Å². The molecular formula is C25H26N2O3. The van der Waals surface area contributed by atoms with Gasteiger partial charge in [0.1, 0.15) is 12.4 Å². The van der Waals surface area contributed by atoms with Crippen LogP contribution in [0.2, 0.25) is 0 Å². The molecular weight excluding hydrogens is 376 g/mol. The number of nitrogens with one attached hydrogen (secondary N) is 1. The molecule has 0 fully saturated rings. The summed E-state index contributed by atoms with van der Waals surface area (Å²) in [7, 11) is 0. The number of carbonyl (C=O) groups is 2. The number of rotatable bonds is 8. The number of benzene rings is 3. The van der Waals surface area contributed by atoms with Crippen molar-refractivity contribution < 1.29 is 14.3 Å². The summed E-state index contributed by atoms with van der Waals surface area (Å²) in [6, 6.07) is 19.5. The molecule has 1 aliphatic heterocycles. The van der Waals surface area contributed by atoms with Crippen molar-refractivity contribution in [1.82, 2.24) is 5.32 Å². The van der Waals surface area contributed by atoms with E-state index in [0.29, 0.717) is 26.0 Å². The predicted molar refractivity (Wildman–Crippen MR) is 119 cm³/mol. The Bertz CT molecular complexity index is 1090. The van der Waals surface area contributed by atoms with Crippen LogP contribution in [0, 0.1) is 6.92 Å². The van der Waals surface area contributed by atoms with Crippen LogP contribution in [0.25, 0.3) is 10.8 Å². The fourth-order valence-electron chi connectivity index (χ4n) is 3.92. The van der Waals surface area contributed by atoms with Crippen molar-refractivity contribution in [2.24, 2.45) is 0 Å². The molecule has 0 unspecified atom stereocenters. The topological polar surface area (TPSA) is 58.6 Å². The first kappa shape index (κ1) is 20.0. The lowest BCUT2D eigenvalue weighted by Gasteiger charge is -2.19. The van der Waals surface area contributed by atoms with Crippen molar-refractivity contribution in [3.05, 3.63) is 71.8 Å². The molecule has 3 aromatic carbocycles. The summed E-state index contributed by atoms with van der Waals surface area (Å²) >= 11 is 0. The summed E-state index contributed by atoms with van der Waals surface area (Å²) in [6.45, 7) is 4.86. The minimum Gasteiger partial charge on any atom is -0.491 e. The van der Waals surface area contributed by atoms with Crippen molar-refractivity contribution >= 4 is 28.3 Å². The number of ether oxygens (including phenoxy) is 1. The standard InChI is InChI=1S/C25H26N2O3/c1-17-8-3-4-13-22(17)30-16-18(2)26-23(28)14-7-15-27-21-12-6-10-19-9-5-11-20(24(19)21)25(27)29/h3-6,8-13,18H,7,14-16H2,1-2H3,(H,26,28)/t18-/m1/s1. The number of anilines is 1. The zero-order valence-corrected chi connectivity index (χ0v) is 17.4. The van der Waals surface area contributed by atoms with E-state index >= 15 is 0 Å². The van der Waals surface area contributed by atoms with Gasteiger partial charge in [-0.15, -0.1) is 0 Å². The van der Waals surface area contributed by atoms with Crippen LogP contribution < -0.4 is 15.0 Å². The molecule has 0 saturated carbocycles. The molecule has 1 N–H and O–H groups in total. The smallest absolute Gasteiger partial charge is 0.258 e. The number of aryl methyl sites for hydroxylation is 1. The van der Waals surface area contributed by atoms with E-state index in [4.69, 9.17) is 4.74 Å². The van der Waals surface area contributed by atoms with Gasteiger partial charge in [0.25, 0.3) is 5.91 Å². The largest absolute Gasteiger partial charge is 0.491 e. The molecule has 0 aromatic heterocycles. The predicted octanol–water partition coefficient (Wildman–Crippen LogP) is 4.47. The van der Waals surface area contributed by atoms with Gasteiger partial charge in [-0.25, -0.2) is 0 Å². The third-order valence-corrected chi connectivity index (χ3v) is 5.42.